The summed E-state index contributed by atoms with van der Waals surface area (Å²) in [7, 11) is -2.34. The Bertz CT molecular complexity index is 1410. The Labute approximate surface area is 219 Å². The highest BCUT2D eigenvalue weighted by Gasteiger charge is 2.35. The second-order valence-electron chi connectivity index (χ2n) is 9.49. The van der Waals surface area contributed by atoms with Gasteiger partial charge in [0.2, 0.25) is 10.0 Å². The normalized spacial score (nSPS) is 12.2. The maximum absolute atomic E-state index is 13.7. The van der Waals surface area contributed by atoms with Crippen LogP contribution in [-0.4, -0.2) is 48.2 Å². The van der Waals surface area contributed by atoms with Gasteiger partial charge in [0.05, 0.1) is 11.8 Å². The van der Waals surface area contributed by atoms with Crippen molar-refractivity contribution >= 4 is 27.6 Å². The van der Waals surface area contributed by atoms with Crippen LogP contribution in [0.4, 0.5) is 24.8 Å². The van der Waals surface area contributed by atoms with Crippen LogP contribution in [0.3, 0.4) is 0 Å². The number of alkyl halides is 3. The van der Waals surface area contributed by atoms with Crippen molar-refractivity contribution in [3.05, 3.63) is 76.9 Å². The van der Waals surface area contributed by atoms with Crippen molar-refractivity contribution in [1.82, 2.24) is 15.0 Å². The van der Waals surface area contributed by atoms with Gasteiger partial charge in [-0.2, -0.15) is 13.2 Å². The molecule has 0 spiro atoms. The zero-order chi connectivity index (χ0) is 28.3. The standard InChI is InChI=1S/C25H28F3N5O4S/c1-24(2,3)37-23(34)17-10-8-16(9-11-17)13-20-30-15-19(25(26,27)28)21(32-20)31-14-18-7-6-12-29-22(18)33(4)38(5,35)36/h6-12,15H,13-14H2,1-5H3,(H,30,31,32). The summed E-state index contributed by atoms with van der Waals surface area (Å²) >= 11 is 0. The van der Waals surface area contributed by atoms with Gasteiger partial charge < -0.3 is 10.1 Å². The Morgan fingerprint density at radius 2 is 1.74 bits per heavy atom. The number of ether oxygens (including phenoxy) is 1. The molecule has 38 heavy (non-hydrogen) atoms. The first-order valence-corrected chi connectivity index (χ1v) is 13.3. The minimum absolute atomic E-state index is 0.0791. The van der Waals surface area contributed by atoms with Crippen molar-refractivity contribution < 1.29 is 31.1 Å². The number of carbonyl (C=O) groups is 1. The summed E-state index contributed by atoms with van der Waals surface area (Å²) in [4.78, 5) is 24.2. The first-order valence-electron chi connectivity index (χ1n) is 11.4. The van der Waals surface area contributed by atoms with Crippen LogP contribution in [0.1, 0.15) is 53.6 Å². The number of sulfonamides is 1. The number of esters is 1. The van der Waals surface area contributed by atoms with E-state index in [1.165, 1.54) is 13.2 Å². The molecule has 0 atom stereocenters. The van der Waals surface area contributed by atoms with E-state index in [1.807, 2.05) is 0 Å². The lowest BCUT2D eigenvalue weighted by Crippen LogP contribution is -2.27. The minimum Gasteiger partial charge on any atom is -0.456 e. The van der Waals surface area contributed by atoms with Crippen molar-refractivity contribution in [2.24, 2.45) is 0 Å². The Hall–Kier alpha value is -3.74. The van der Waals surface area contributed by atoms with Crippen LogP contribution in [0.2, 0.25) is 0 Å². The van der Waals surface area contributed by atoms with Crippen LogP contribution >= 0.6 is 0 Å². The maximum Gasteiger partial charge on any atom is 0.421 e. The van der Waals surface area contributed by atoms with Crippen LogP contribution in [0.25, 0.3) is 0 Å². The average Bonchev–Trinajstić information content (AvgIpc) is 2.80. The van der Waals surface area contributed by atoms with E-state index in [0.29, 0.717) is 22.9 Å². The predicted molar refractivity (Wildman–Crippen MR) is 136 cm³/mol. The fraction of sp³-hybridized carbons (Fsp3) is 0.360. The van der Waals surface area contributed by atoms with E-state index < -0.39 is 39.2 Å². The topological polar surface area (TPSA) is 114 Å². The van der Waals surface area contributed by atoms with Gasteiger partial charge in [0.25, 0.3) is 0 Å². The molecule has 9 nitrogen and oxygen atoms in total. The fourth-order valence-corrected chi connectivity index (χ4v) is 3.79. The number of nitrogens with one attached hydrogen (secondary N) is 1. The molecule has 3 aromatic rings. The van der Waals surface area contributed by atoms with Crippen molar-refractivity contribution in [2.75, 3.05) is 22.9 Å². The van der Waals surface area contributed by atoms with Crippen molar-refractivity contribution in [3.8, 4) is 0 Å². The second kappa shape index (κ2) is 10.9. The molecule has 3 rings (SSSR count). The average molecular weight is 552 g/mol. The monoisotopic (exact) mass is 551 g/mol. The van der Waals surface area contributed by atoms with Gasteiger partial charge >= 0.3 is 12.1 Å². The molecule has 0 unspecified atom stereocenters. The zero-order valence-corrected chi connectivity index (χ0v) is 22.3. The third kappa shape index (κ3) is 7.63. The largest absolute Gasteiger partial charge is 0.456 e. The number of hydrogen-bond donors (Lipinski definition) is 1. The van der Waals surface area contributed by atoms with E-state index in [1.54, 1.807) is 57.2 Å². The second-order valence-corrected chi connectivity index (χ2v) is 11.5. The summed E-state index contributed by atoms with van der Waals surface area (Å²) in [6.07, 6.45) is -1.53. The molecule has 0 aliphatic rings. The zero-order valence-electron chi connectivity index (χ0n) is 21.5. The molecule has 13 heteroatoms. The number of rotatable bonds is 8. The van der Waals surface area contributed by atoms with Gasteiger partial charge in [-0.1, -0.05) is 18.2 Å². The molecule has 0 saturated heterocycles. The minimum atomic E-state index is -4.72. The van der Waals surface area contributed by atoms with Gasteiger partial charge in [-0.15, -0.1) is 0 Å². The third-order valence-corrected chi connectivity index (χ3v) is 6.37. The van der Waals surface area contributed by atoms with Gasteiger partial charge in [0.1, 0.15) is 28.6 Å². The Balaban J connectivity index is 1.84. The molecular formula is C25H28F3N5O4S. The lowest BCUT2D eigenvalue weighted by atomic mass is 10.1. The Morgan fingerprint density at radius 3 is 2.32 bits per heavy atom. The molecule has 204 valence electrons. The molecule has 0 aliphatic heterocycles. The first kappa shape index (κ1) is 28.8. The lowest BCUT2D eigenvalue weighted by Gasteiger charge is -2.20. The van der Waals surface area contributed by atoms with Crippen LogP contribution in [-0.2, 0) is 33.9 Å². The number of benzene rings is 1. The highest BCUT2D eigenvalue weighted by molar-refractivity contribution is 7.92. The maximum atomic E-state index is 13.7. The molecule has 0 fully saturated rings. The van der Waals surface area contributed by atoms with Crippen LogP contribution in [0, 0.1) is 0 Å². The van der Waals surface area contributed by atoms with E-state index in [0.717, 1.165) is 10.6 Å². The van der Waals surface area contributed by atoms with Gasteiger partial charge in [0, 0.05) is 38.0 Å². The molecule has 0 radical (unpaired) electrons. The molecule has 0 bridgehead atoms. The molecule has 2 heterocycles. The van der Waals surface area contributed by atoms with Gasteiger partial charge in [-0.25, -0.2) is 28.2 Å². The number of halogens is 3. The molecule has 2 aromatic heterocycles. The van der Waals surface area contributed by atoms with E-state index in [4.69, 9.17) is 4.74 Å². The van der Waals surface area contributed by atoms with Crippen LogP contribution in [0.15, 0.2) is 48.8 Å². The van der Waals surface area contributed by atoms with Crippen molar-refractivity contribution in [3.63, 3.8) is 0 Å². The summed E-state index contributed by atoms with van der Waals surface area (Å²) in [6, 6.07) is 9.53. The van der Waals surface area contributed by atoms with Crippen molar-refractivity contribution in [1.29, 1.82) is 0 Å². The van der Waals surface area contributed by atoms with Gasteiger partial charge in [-0.3, -0.25) is 4.31 Å². The lowest BCUT2D eigenvalue weighted by molar-refractivity contribution is -0.137. The van der Waals surface area contributed by atoms with Crippen LogP contribution < -0.4 is 9.62 Å². The summed E-state index contributed by atoms with van der Waals surface area (Å²) in [5.74, 6) is -0.747. The molecule has 0 aliphatic carbocycles. The smallest absolute Gasteiger partial charge is 0.421 e. The van der Waals surface area contributed by atoms with E-state index >= 15 is 0 Å². The SMILES string of the molecule is CN(c1ncccc1CNc1nc(Cc2ccc(C(=O)OC(C)(C)C)cc2)ncc1C(F)(F)F)S(C)(=O)=O. The number of hydrogen-bond acceptors (Lipinski definition) is 8. The van der Waals surface area contributed by atoms with Gasteiger partial charge in [0.15, 0.2) is 0 Å². The number of carbonyl (C=O) groups excluding carboxylic acids is 1. The Kier molecular flexibility index (Phi) is 8.30. The summed E-state index contributed by atoms with van der Waals surface area (Å²) in [6.45, 7) is 5.09. The molecular weight excluding hydrogens is 523 g/mol. The number of nitrogens with zero attached hydrogens (tertiary/aromatic N) is 4. The summed E-state index contributed by atoms with van der Waals surface area (Å²) in [5.41, 5.74) is -0.350. The molecule has 1 N–H and O–H groups in total. The van der Waals surface area contributed by atoms with Gasteiger partial charge in [-0.05, 0) is 44.5 Å². The Morgan fingerprint density at radius 1 is 1.08 bits per heavy atom. The molecule has 0 amide bonds. The van der Waals surface area contributed by atoms with E-state index in [2.05, 4.69) is 20.3 Å². The highest BCUT2D eigenvalue weighted by atomic mass is 32.2. The summed E-state index contributed by atoms with van der Waals surface area (Å²) < 4.78 is 71.2. The predicted octanol–water partition coefficient (Wildman–Crippen LogP) is 4.44. The van der Waals surface area contributed by atoms with Crippen molar-refractivity contribution in [2.45, 2.75) is 45.5 Å². The molecule has 0 saturated carbocycles. The fourth-order valence-electron chi connectivity index (χ4n) is 3.31. The number of pyridine rings is 1. The quantitative estimate of drug-likeness (QED) is 0.409. The van der Waals surface area contributed by atoms with E-state index in [-0.39, 0.29) is 24.6 Å². The van der Waals surface area contributed by atoms with E-state index in [9.17, 15) is 26.4 Å². The number of anilines is 2. The highest BCUT2D eigenvalue weighted by Crippen LogP contribution is 2.34. The third-order valence-electron chi connectivity index (χ3n) is 5.20. The first-order chi connectivity index (χ1) is 17.5. The summed E-state index contributed by atoms with van der Waals surface area (Å²) in [5, 5.41) is 2.66. The molecule has 1 aromatic carbocycles. The van der Waals surface area contributed by atoms with Crippen LogP contribution in [0.5, 0.6) is 0 Å². The number of aromatic nitrogens is 3.